The number of fused-ring (bicyclic) bond motifs is 2. The van der Waals surface area contributed by atoms with E-state index in [2.05, 4.69) is 26.5 Å². The van der Waals surface area contributed by atoms with Gasteiger partial charge in [0.1, 0.15) is 11.4 Å². The SMILES string of the molecule is CCc1cc2cccc(C#CCNS(C)(=O)=O)c2c(=O)n1-c1ccccc1.NC(=O)c1c(N)ncc2cccnc12. The lowest BCUT2D eigenvalue weighted by molar-refractivity contribution is 0.100. The van der Waals surface area contributed by atoms with E-state index in [0.29, 0.717) is 22.9 Å². The van der Waals surface area contributed by atoms with E-state index in [-0.39, 0.29) is 23.5 Å². The van der Waals surface area contributed by atoms with Crippen LogP contribution in [-0.4, -0.2) is 41.7 Å². The summed E-state index contributed by atoms with van der Waals surface area (Å²) in [5.74, 6) is 5.21. The molecule has 0 unspecified atom stereocenters. The van der Waals surface area contributed by atoms with Crippen LogP contribution in [0, 0.1) is 11.8 Å². The summed E-state index contributed by atoms with van der Waals surface area (Å²) in [6, 6.07) is 20.6. The number of nitrogen functional groups attached to an aromatic ring is 1. The van der Waals surface area contributed by atoms with Gasteiger partial charge in [0.2, 0.25) is 10.0 Å². The van der Waals surface area contributed by atoms with Crippen LogP contribution in [0.5, 0.6) is 0 Å². The fourth-order valence-corrected chi connectivity index (χ4v) is 4.58. The molecule has 5 aromatic rings. The summed E-state index contributed by atoms with van der Waals surface area (Å²) in [4.78, 5) is 32.3. The first-order chi connectivity index (χ1) is 19.6. The number of benzene rings is 2. The van der Waals surface area contributed by atoms with Crippen molar-refractivity contribution in [3.63, 3.8) is 0 Å². The summed E-state index contributed by atoms with van der Waals surface area (Å²) < 4.78 is 26.3. The predicted molar refractivity (Wildman–Crippen MR) is 161 cm³/mol. The molecule has 3 aromatic heterocycles. The number of pyridine rings is 3. The van der Waals surface area contributed by atoms with Crippen LogP contribution in [-0.2, 0) is 16.4 Å². The highest BCUT2D eigenvalue weighted by atomic mass is 32.2. The normalized spacial score (nSPS) is 10.9. The highest BCUT2D eigenvalue weighted by Gasteiger charge is 2.13. The number of sulfonamides is 1. The second kappa shape index (κ2) is 12.4. The number of anilines is 1. The van der Waals surface area contributed by atoms with Crippen LogP contribution in [0.3, 0.4) is 0 Å². The Kier molecular flexibility index (Phi) is 8.77. The number of carbonyl (C=O) groups excluding carboxylic acids is 1. The fourth-order valence-electron chi connectivity index (χ4n) is 4.25. The summed E-state index contributed by atoms with van der Waals surface area (Å²) >= 11 is 0. The van der Waals surface area contributed by atoms with Crippen LogP contribution in [0.2, 0.25) is 0 Å². The van der Waals surface area contributed by atoms with Crippen LogP contribution in [0.4, 0.5) is 5.82 Å². The van der Waals surface area contributed by atoms with Crippen molar-refractivity contribution in [2.45, 2.75) is 13.3 Å². The second-order valence-corrected chi connectivity index (χ2v) is 10.8. The van der Waals surface area contributed by atoms with Crippen LogP contribution >= 0.6 is 0 Å². The number of nitrogens with zero attached hydrogens (tertiary/aromatic N) is 3. The first-order valence-electron chi connectivity index (χ1n) is 12.6. The number of carbonyl (C=O) groups is 1. The van der Waals surface area contributed by atoms with Gasteiger partial charge in [0.15, 0.2) is 0 Å². The Morgan fingerprint density at radius 3 is 2.44 bits per heavy atom. The van der Waals surface area contributed by atoms with E-state index in [0.717, 1.165) is 28.4 Å². The summed E-state index contributed by atoms with van der Waals surface area (Å²) in [7, 11) is -3.30. The number of hydrogen-bond donors (Lipinski definition) is 3. The summed E-state index contributed by atoms with van der Waals surface area (Å²) in [6.45, 7) is 2.01. The molecule has 41 heavy (non-hydrogen) atoms. The maximum atomic E-state index is 13.3. The Morgan fingerprint density at radius 1 is 1.02 bits per heavy atom. The average Bonchev–Trinajstić information content (AvgIpc) is 2.95. The lowest BCUT2D eigenvalue weighted by atomic mass is 10.0. The Hall–Kier alpha value is -5.05. The molecule has 5 rings (SSSR count). The maximum absolute atomic E-state index is 13.3. The highest BCUT2D eigenvalue weighted by Crippen LogP contribution is 2.20. The van der Waals surface area contributed by atoms with Crippen molar-refractivity contribution in [1.29, 1.82) is 0 Å². The summed E-state index contributed by atoms with van der Waals surface area (Å²) in [5, 5.41) is 2.10. The number of primary amides is 1. The van der Waals surface area contributed by atoms with Crippen LogP contribution in [0.1, 0.15) is 28.5 Å². The van der Waals surface area contributed by atoms with E-state index >= 15 is 0 Å². The minimum absolute atomic E-state index is 0.00482. The predicted octanol–water partition coefficient (Wildman–Crippen LogP) is 2.76. The minimum Gasteiger partial charge on any atom is -0.383 e. The number of aromatic nitrogens is 3. The molecule has 1 amide bonds. The number of para-hydroxylation sites is 1. The van der Waals surface area contributed by atoms with Gasteiger partial charge in [-0.3, -0.25) is 19.1 Å². The standard InChI is InChI=1S/C21H20N2O3S.C9H8N4O/c1-3-18-15-17-10-7-9-16(11-8-14-22-27(2,25)26)20(17)21(24)23(18)19-12-5-4-6-13-19;10-8-6(9(11)14)7-5(4-13-8)2-1-3-12-7/h4-7,9-10,12-13,15,22H,3,14H2,1-2H3;1-4H,(H2,10,13)(H2,11,14). The molecule has 0 fully saturated rings. The third-order valence-electron chi connectivity index (χ3n) is 6.07. The number of amides is 1. The van der Waals surface area contributed by atoms with Gasteiger partial charge in [0.05, 0.1) is 23.7 Å². The molecule has 208 valence electrons. The van der Waals surface area contributed by atoms with Crippen molar-refractivity contribution in [2.75, 3.05) is 18.5 Å². The van der Waals surface area contributed by atoms with Crippen molar-refractivity contribution < 1.29 is 13.2 Å². The van der Waals surface area contributed by atoms with Gasteiger partial charge in [-0.25, -0.2) is 18.1 Å². The Labute approximate surface area is 237 Å². The maximum Gasteiger partial charge on any atom is 0.264 e. The molecule has 0 radical (unpaired) electrons. The quantitative estimate of drug-likeness (QED) is 0.275. The molecule has 0 saturated heterocycles. The molecule has 0 aliphatic rings. The van der Waals surface area contributed by atoms with E-state index in [1.165, 1.54) is 0 Å². The highest BCUT2D eigenvalue weighted by molar-refractivity contribution is 7.88. The zero-order valence-electron chi connectivity index (χ0n) is 22.5. The first-order valence-corrected chi connectivity index (χ1v) is 14.5. The lowest BCUT2D eigenvalue weighted by Gasteiger charge is -2.14. The van der Waals surface area contributed by atoms with Crippen molar-refractivity contribution in [3.8, 4) is 17.5 Å². The average molecular weight is 569 g/mol. The monoisotopic (exact) mass is 568 g/mol. The molecule has 0 atom stereocenters. The second-order valence-electron chi connectivity index (χ2n) is 8.95. The van der Waals surface area contributed by atoms with Gasteiger partial charge in [0, 0.05) is 34.7 Å². The molecule has 3 heterocycles. The molecule has 0 spiro atoms. The first kappa shape index (κ1) is 28.9. The van der Waals surface area contributed by atoms with Crippen molar-refractivity contribution in [3.05, 3.63) is 106 Å². The van der Waals surface area contributed by atoms with Crippen LogP contribution < -0.4 is 21.7 Å². The molecule has 2 aromatic carbocycles. The molecule has 0 aliphatic carbocycles. The zero-order chi connectivity index (χ0) is 29.6. The number of aryl methyl sites for hydroxylation is 1. The summed E-state index contributed by atoms with van der Waals surface area (Å²) in [6.07, 6.45) is 4.93. The largest absolute Gasteiger partial charge is 0.383 e. The van der Waals surface area contributed by atoms with Crippen molar-refractivity contribution >= 4 is 43.4 Å². The van der Waals surface area contributed by atoms with Gasteiger partial charge in [-0.2, -0.15) is 0 Å². The zero-order valence-corrected chi connectivity index (χ0v) is 23.3. The molecular formula is C30H28N6O4S. The number of nitrogens with two attached hydrogens (primary N) is 2. The van der Waals surface area contributed by atoms with Gasteiger partial charge in [-0.15, -0.1) is 0 Å². The molecule has 5 N–H and O–H groups in total. The molecule has 0 saturated carbocycles. The van der Waals surface area contributed by atoms with Crippen molar-refractivity contribution in [1.82, 2.24) is 19.3 Å². The van der Waals surface area contributed by atoms with E-state index in [1.54, 1.807) is 35.2 Å². The van der Waals surface area contributed by atoms with E-state index in [4.69, 9.17) is 11.5 Å². The fraction of sp³-hybridized carbons (Fsp3) is 0.133. The third kappa shape index (κ3) is 6.75. The number of nitrogens with one attached hydrogen (secondary N) is 1. The third-order valence-corrected chi connectivity index (χ3v) is 6.74. The summed E-state index contributed by atoms with van der Waals surface area (Å²) in [5.41, 5.74) is 13.6. The molecule has 10 nitrogen and oxygen atoms in total. The van der Waals surface area contributed by atoms with E-state index in [9.17, 15) is 18.0 Å². The molecule has 0 aliphatic heterocycles. The van der Waals surface area contributed by atoms with Gasteiger partial charge < -0.3 is 11.5 Å². The molecule has 11 heteroatoms. The van der Waals surface area contributed by atoms with Gasteiger partial charge >= 0.3 is 0 Å². The smallest absolute Gasteiger partial charge is 0.264 e. The number of rotatable bonds is 5. The minimum atomic E-state index is -3.30. The van der Waals surface area contributed by atoms with Gasteiger partial charge in [-0.05, 0) is 48.2 Å². The topological polar surface area (TPSA) is 163 Å². The van der Waals surface area contributed by atoms with Crippen LogP contribution in [0.15, 0.2) is 83.9 Å². The van der Waals surface area contributed by atoms with E-state index < -0.39 is 15.9 Å². The number of hydrogen-bond acceptors (Lipinski definition) is 7. The Bertz CT molecular complexity index is 1980. The van der Waals surface area contributed by atoms with Crippen LogP contribution in [0.25, 0.3) is 27.4 Å². The van der Waals surface area contributed by atoms with Gasteiger partial charge in [0.25, 0.3) is 11.5 Å². The van der Waals surface area contributed by atoms with Crippen molar-refractivity contribution in [2.24, 2.45) is 5.73 Å². The van der Waals surface area contributed by atoms with E-state index in [1.807, 2.05) is 55.5 Å². The Morgan fingerprint density at radius 2 is 1.76 bits per heavy atom. The van der Waals surface area contributed by atoms with Gasteiger partial charge in [-0.1, -0.05) is 49.1 Å². The molecular weight excluding hydrogens is 540 g/mol. The Balaban J connectivity index is 0.000000231. The molecule has 0 bridgehead atoms. The lowest BCUT2D eigenvalue weighted by Crippen LogP contribution is -2.23.